The first-order valence-electron chi connectivity index (χ1n) is 4.70. The van der Waals surface area contributed by atoms with Crippen LogP contribution in [0.15, 0.2) is 47.4 Å². The summed E-state index contributed by atoms with van der Waals surface area (Å²) < 4.78 is 1.46. The summed E-state index contributed by atoms with van der Waals surface area (Å²) in [6.45, 7) is 0. The first kappa shape index (κ1) is 9.99. The van der Waals surface area contributed by atoms with Crippen molar-refractivity contribution >= 4 is 5.69 Å². The second-order valence-electron chi connectivity index (χ2n) is 3.29. The Morgan fingerprint density at radius 3 is 2.75 bits per heavy atom. The number of nitrogens with two attached hydrogens (primary N) is 1. The lowest BCUT2D eigenvalue weighted by Gasteiger charge is -2.06. The summed E-state index contributed by atoms with van der Waals surface area (Å²) in [4.78, 5) is 11.6. The molecule has 0 fully saturated rings. The molecule has 1 aromatic carbocycles. The lowest BCUT2D eigenvalue weighted by Crippen LogP contribution is -2.15. The second-order valence-corrected chi connectivity index (χ2v) is 3.29. The summed E-state index contributed by atoms with van der Waals surface area (Å²) in [5.41, 5.74) is 6.88. The fourth-order valence-electron chi connectivity index (χ4n) is 1.43. The Labute approximate surface area is 92.2 Å². The van der Waals surface area contributed by atoms with E-state index in [2.05, 4.69) is 0 Å². The Hall–Kier alpha value is -2.54. The van der Waals surface area contributed by atoms with Gasteiger partial charge in [-0.15, -0.1) is 0 Å². The molecule has 0 spiro atoms. The molecule has 2 N–H and O–H groups in total. The van der Waals surface area contributed by atoms with Crippen molar-refractivity contribution < 1.29 is 0 Å². The molecule has 0 bridgehead atoms. The summed E-state index contributed by atoms with van der Waals surface area (Å²) in [5.74, 6) is 0. The zero-order valence-corrected chi connectivity index (χ0v) is 8.42. The fourth-order valence-corrected chi connectivity index (χ4v) is 1.43. The van der Waals surface area contributed by atoms with Crippen LogP contribution in [0.2, 0.25) is 0 Å². The van der Waals surface area contributed by atoms with Crippen molar-refractivity contribution in [2.45, 2.75) is 0 Å². The highest BCUT2D eigenvalue weighted by atomic mass is 16.1. The monoisotopic (exact) mass is 211 g/mol. The van der Waals surface area contributed by atoms with Crippen LogP contribution in [-0.2, 0) is 0 Å². The van der Waals surface area contributed by atoms with Crippen LogP contribution in [0.4, 0.5) is 5.69 Å². The molecule has 4 nitrogen and oxygen atoms in total. The van der Waals surface area contributed by atoms with Crippen LogP contribution in [0.1, 0.15) is 5.56 Å². The summed E-state index contributed by atoms with van der Waals surface area (Å²) in [6, 6.07) is 11.8. The van der Waals surface area contributed by atoms with Crippen molar-refractivity contribution in [3.63, 3.8) is 0 Å². The highest BCUT2D eigenvalue weighted by molar-refractivity contribution is 5.58. The first-order valence-corrected chi connectivity index (χ1v) is 4.70. The quantitative estimate of drug-likeness (QED) is 0.722. The highest BCUT2D eigenvalue weighted by Gasteiger charge is 2.02. The number of nitrogen functional groups attached to an aromatic ring is 1. The number of nitriles is 1. The number of anilines is 1. The maximum absolute atomic E-state index is 11.6. The standard InChI is InChI=1S/C12H9N3O/c13-8-9-7-10(4-5-11(9)14)15-6-2-1-3-12(15)16/h1-7H,14H2. The number of benzene rings is 1. The van der Waals surface area contributed by atoms with E-state index >= 15 is 0 Å². The van der Waals surface area contributed by atoms with Crippen LogP contribution in [0, 0.1) is 11.3 Å². The SMILES string of the molecule is N#Cc1cc(-n2ccccc2=O)ccc1N. The van der Waals surface area contributed by atoms with Gasteiger partial charge in [-0.3, -0.25) is 9.36 Å². The Bertz CT molecular complexity index is 623. The van der Waals surface area contributed by atoms with Gasteiger partial charge in [0.2, 0.25) is 0 Å². The number of rotatable bonds is 1. The molecule has 1 aromatic heterocycles. The maximum atomic E-state index is 11.6. The Morgan fingerprint density at radius 1 is 1.25 bits per heavy atom. The van der Waals surface area contributed by atoms with E-state index in [1.54, 1.807) is 36.5 Å². The van der Waals surface area contributed by atoms with Gasteiger partial charge in [0.15, 0.2) is 0 Å². The molecule has 1 heterocycles. The van der Waals surface area contributed by atoms with E-state index in [1.165, 1.54) is 10.6 Å². The lowest BCUT2D eigenvalue weighted by atomic mass is 10.2. The molecule has 0 atom stereocenters. The van der Waals surface area contributed by atoms with Crippen molar-refractivity contribution in [3.05, 3.63) is 58.5 Å². The van der Waals surface area contributed by atoms with Crippen molar-refractivity contribution in [1.29, 1.82) is 5.26 Å². The molecule has 4 heteroatoms. The molecule has 0 radical (unpaired) electrons. The molecular weight excluding hydrogens is 202 g/mol. The van der Waals surface area contributed by atoms with E-state index in [4.69, 9.17) is 11.0 Å². The van der Waals surface area contributed by atoms with Crippen LogP contribution >= 0.6 is 0 Å². The van der Waals surface area contributed by atoms with Crippen molar-refractivity contribution in [3.8, 4) is 11.8 Å². The van der Waals surface area contributed by atoms with Crippen LogP contribution in [0.3, 0.4) is 0 Å². The molecule has 78 valence electrons. The van der Waals surface area contributed by atoms with Gasteiger partial charge < -0.3 is 5.73 Å². The average Bonchev–Trinajstić information content (AvgIpc) is 2.31. The van der Waals surface area contributed by atoms with Gasteiger partial charge in [0.1, 0.15) is 6.07 Å². The second kappa shape index (κ2) is 3.91. The predicted molar refractivity (Wildman–Crippen MR) is 61.2 cm³/mol. The van der Waals surface area contributed by atoms with Crippen molar-refractivity contribution in [1.82, 2.24) is 4.57 Å². The van der Waals surface area contributed by atoms with Crippen LogP contribution in [-0.4, -0.2) is 4.57 Å². The van der Waals surface area contributed by atoms with Gasteiger partial charge in [0.05, 0.1) is 11.3 Å². The minimum absolute atomic E-state index is 0.142. The molecule has 0 amide bonds. The molecule has 0 saturated heterocycles. The molecule has 16 heavy (non-hydrogen) atoms. The van der Waals surface area contributed by atoms with Crippen LogP contribution in [0.5, 0.6) is 0 Å². The van der Waals surface area contributed by atoms with Crippen LogP contribution < -0.4 is 11.3 Å². The van der Waals surface area contributed by atoms with Gasteiger partial charge in [-0.25, -0.2) is 0 Å². The third-order valence-corrected chi connectivity index (χ3v) is 2.26. The number of nitrogens with zero attached hydrogens (tertiary/aromatic N) is 2. The molecule has 0 unspecified atom stereocenters. The third kappa shape index (κ3) is 1.66. The van der Waals surface area contributed by atoms with E-state index in [0.29, 0.717) is 16.9 Å². The third-order valence-electron chi connectivity index (χ3n) is 2.26. The summed E-state index contributed by atoms with van der Waals surface area (Å²) >= 11 is 0. The molecular formula is C12H9N3O. The fraction of sp³-hybridized carbons (Fsp3) is 0. The van der Waals surface area contributed by atoms with Gasteiger partial charge in [-0.1, -0.05) is 6.07 Å². The maximum Gasteiger partial charge on any atom is 0.255 e. The van der Waals surface area contributed by atoms with Gasteiger partial charge in [-0.2, -0.15) is 5.26 Å². The highest BCUT2D eigenvalue weighted by Crippen LogP contribution is 2.14. The van der Waals surface area contributed by atoms with Gasteiger partial charge in [-0.05, 0) is 24.3 Å². The number of pyridine rings is 1. The summed E-state index contributed by atoms with van der Waals surface area (Å²) in [7, 11) is 0. The van der Waals surface area contributed by atoms with E-state index in [-0.39, 0.29) is 5.56 Å². The molecule has 0 aliphatic heterocycles. The normalized spacial score (nSPS) is 9.69. The molecule has 2 rings (SSSR count). The van der Waals surface area contributed by atoms with E-state index in [9.17, 15) is 4.79 Å². The lowest BCUT2D eigenvalue weighted by molar-refractivity contribution is 0.990. The Balaban J connectivity index is 2.63. The predicted octanol–water partition coefficient (Wildman–Crippen LogP) is 1.29. The molecule has 0 aliphatic carbocycles. The van der Waals surface area contributed by atoms with Crippen molar-refractivity contribution in [2.24, 2.45) is 0 Å². The van der Waals surface area contributed by atoms with Gasteiger partial charge >= 0.3 is 0 Å². The number of aromatic nitrogens is 1. The van der Waals surface area contributed by atoms with E-state index in [1.807, 2.05) is 6.07 Å². The molecule has 0 aliphatic rings. The Morgan fingerprint density at radius 2 is 2.06 bits per heavy atom. The Kier molecular flexibility index (Phi) is 2.44. The van der Waals surface area contributed by atoms with E-state index in [0.717, 1.165) is 0 Å². The molecule has 2 aromatic rings. The number of hydrogen-bond acceptors (Lipinski definition) is 3. The molecule has 0 saturated carbocycles. The van der Waals surface area contributed by atoms with Gasteiger partial charge in [0, 0.05) is 18.0 Å². The largest absolute Gasteiger partial charge is 0.398 e. The van der Waals surface area contributed by atoms with Crippen LogP contribution in [0.25, 0.3) is 5.69 Å². The first-order chi connectivity index (χ1) is 7.72. The smallest absolute Gasteiger partial charge is 0.255 e. The zero-order valence-electron chi connectivity index (χ0n) is 8.42. The zero-order chi connectivity index (χ0) is 11.5. The summed E-state index contributed by atoms with van der Waals surface area (Å²) in [6.07, 6.45) is 1.65. The minimum atomic E-state index is -0.142. The van der Waals surface area contributed by atoms with Gasteiger partial charge in [0.25, 0.3) is 5.56 Å². The minimum Gasteiger partial charge on any atom is -0.398 e. The topological polar surface area (TPSA) is 71.8 Å². The summed E-state index contributed by atoms with van der Waals surface area (Å²) in [5, 5.41) is 8.84. The average molecular weight is 211 g/mol. The number of hydrogen-bond donors (Lipinski definition) is 1. The van der Waals surface area contributed by atoms with Crippen molar-refractivity contribution in [2.75, 3.05) is 5.73 Å². The van der Waals surface area contributed by atoms with E-state index < -0.39 is 0 Å².